The minimum Gasteiger partial charge on any atom is -0.465 e. The van der Waals surface area contributed by atoms with Crippen LogP contribution in [-0.2, 0) is 13.1 Å². The van der Waals surface area contributed by atoms with Crippen LogP contribution in [0.15, 0.2) is 0 Å². The lowest BCUT2D eigenvalue weighted by molar-refractivity contribution is 0.143. The van der Waals surface area contributed by atoms with Gasteiger partial charge in [-0.1, -0.05) is 0 Å². The molecule has 1 aromatic heterocycles. The van der Waals surface area contributed by atoms with Gasteiger partial charge in [0, 0.05) is 0 Å². The highest BCUT2D eigenvalue weighted by Crippen LogP contribution is 2.31. The van der Waals surface area contributed by atoms with Crippen molar-refractivity contribution in [1.29, 1.82) is 0 Å². The van der Waals surface area contributed by atoms with Gasteiger partial charge in [0.2, 0.25) is 0 Å². The molecule has 2 rings (SSSR count). The predicted molar refractivity (Wildman–Crippen MR) is 55.9 cm³/mol. The highest BCUT2D eigenvalue weighted by atomic mass is 19.3. The lowest BCUT2D eigenvalue weighted by Crippen LogP contribution is -2.22. The van der Waals surface area contributed by atoms with E-state index < -0.39 is 12.5 Å². The van der Waals surface area contributed by atoms with Crippen molar-refractivity contribution in [3.8, 4) is 0 Å². The number of rotatable bonds is 1. The Bertz CT molecular complexity index is 489. The lowest BCUT2D eigenvalue weighted by atomic mass is 10.0. The number of carboxylic acid groups (broad SMARTS) is 1. The van der Waals surface area contributed by atoms with Crippen LogP contribution in [0.4, 0.5) is 13.6 Å². The maximum absolute atomic E-state index is 12.7. The molecule has 1 aromatic rings. The van der Waals surface area contributed by atoms with Gasteiger partial charge in [0.1, 0.15) is 5.69 Å². The van der Waals surface area contributed by atoms with Crippen LogP contribution in [0.1, 0.15) is 34.5 Å². The van der Waals surface area contributed by atoms with Crippen molar-refractivity contribution in [3.05, 3.63) is 28.1 Å². The number of hydrogen-bond donors (Lipinski definition) is 1. The van der Waals surface area contributed by atoms with Crippen molar-refractivity contribution in [2.24, 2.45) is 0 Å². The Hall–Kier alpha value is -1.72. The minimum atomic E-state index is -2.63. The summed E-state index contributed by atoms with van der Waals surface area (Å²) < 4.78 is 25.5. The quantitative estimate of drug-likeness (QED) is 0.823. The van der Waals surface area contributed by atoms with Gasteiger partial charge in [0.05, 0.1) is 18.8 Å². The molecule has 2 heterocycles. The fraction of sp³-hybridized carbons (Fsp3) is 0.455. The number of carbonyl (C=O) groups is 1. The minimum absolute atomic E-state index is 0.0888. The van der Waals surface area contributed by atoms with Crippen molar-refractivity contribution >= 4 is 6.09 Å². The lowest BCUT2D eigenvalue weighted by Gasteiger charge is -2.11. The van der Waals surface area contributed by atoms with E-state index in [1.165, 1.54) is 4.90 Å². The van der Waals surface area contributed by atoms with Crippen molar-refractivity contribution < 1.29 is 18.7 Å². The molecule has 17 heavy (non-hydrogen) atoms. The van der Waals surface area contributed by atoms with Crippen LogP contribution in [0.3, 0.4) is 0 Å². The van der Waals surface area contributed by atoms with Crippen LogP contribution < -0.4 is 0 Å². The zero-order chi connectivity index (χ0) is 12.7. The molecule has 1 aliphatic heterocycles. The first-order valence-electron chi connectivity index (χ1n) is 5.16. The molecule has 0 bridgehead atoms. The standard InChI is InChI=1S/C11H12F2N2O2/c1-5-6(2)9(10(12)13)14-8-4-15(11(16)17)3-7(5)8/h10H,3-4H2,1-2H3,(H,16,17). The van der Waals surface area contributed by atoms with Crippen molar-refractivity contribution in [3.63, 3.8) is 0 Å². The zero-order valence-electron chi connectivity index (χ0n) is 9.50. The highest BCUT2D eigenvalue weighted by molar-refractivity contribution is 5.66. The Morgan fingerprint density at radius 2 is 2.00 bits per heavy atom. The zero-order valence-corrected chi connectivity index (χ0v) is 9.50. The van der Waals surface area contributed by atoms with Gasteiger partial charge in [-0.05, 0) is 30.5 Å². The van der Waals surface area contributed by atoms with E-state index in [0.29, 0.717) is 16.8 Å². The van der Waals surface area contributed by atoms with Gasteiger partial charge in [-0.2, -0.15) is 0 Å². The van der Waals surface area contributed by atoms with E-state index in [1.807, 2.05) is 0 Å². The smallest absolute Gasteiger partial charge is 0.407 e. The van der Waals surface area contributed by atoms with Gasteiger partial charge in [0.15, 0.2) is 0 Å². The normalized spacial score (nSPS) is 14.3. The number of nitrogens with zero attached hydrogens (tertiary/aromatic N) is 2. The number of fused-ring (bicyclic) bond motifs is 1. The summed E-state index contributed by atoms with van der Waals surface area (Å²) in [4.78, 5) is 15.9. The van der Waals surface area contributed by atoms with E-state index in [0.717, 1.165) is 5.56 Å². The molecular weight excluding hydrogens is 230 g/mol. The molecule has 0 radical (unpaired) electrons. The maximum Gasteiger partial charge on any atom is 0.407 e. The van der Waals surface area contributed by atoms with Gasteiger partial charge in [-0.25, -0.2) is 18.6 Å². The summed E-state index contributed by atoms with van der Waals surface area (Å²) in [5.74, 6) is 0. The molecule has 0 saturated carbocycles. The SMILES string of the molecule is Cc1c(C(F)F)nc2c(c1C)CN(C(=O)O)C2. The third-order valence-corrected chi connectivity index (χ3v) is 3.17. The Morgan fingerprint density at radius 1 is 1.35 bits per heavy atom. The van der Waals surface area contributed by atoms with Crippen LogP contribution in [0.25, 0.3) is 0 Å². The van der Waals surface area contributed by atoms with Crippen LogP contribution >= 0.6 is 0 Å². The third kappa shape index (κ3) is 1.83. The molecule has 0 fully saturated rings. The van der Waals surface area contributed by atoms with Crippen molar-refractivity contribution in [1.82, 2.24) is 9.88 Å². The highest BCUT2D eigenvalue weighted by Gasteiger charge is 2.28. The summed E-state index contributed by atoms with van der Waals surface area (Å²) in [7, 11) is 0. The molecule has 4 nitrogen and oxygen atoms in total. The number of hydrogen-bond acceptors (Lipinski definition) is 2. The maximum atomic E-state index is 12.7. The molecule has 0 aliphatic carbocycles. The summed E-state index contributed by atoms with van der Waals surface area (Å²) in [6, 6.07) is 0. The van der Waals surface area contributed by atoms with Crippen molar-refractivity contribution in [2.75, 3.05) is 0 Å². The van der Waals surface area contributed by atoms with E-state index in [4.69, 9.17) is 5.11 Å². The molecule has 0 spiro atoms. The van der Waals surface area contributed by atoms with Crippen LogP contribution in [0, 0.1) is 13.8 Å². The number of halogens is 2. The van der Waals surface area contributed by atoms with E-state index >= 15 is 0 Å². The third-order valence-electron chi connectivity index (χ3n) is 3.17. The molecule has 1 N–H and O–H groups in total. The summed E-state index contributed by atoms with van der Waals surface area (Å²) in [6.07, 6.45) is -3.68. The van der Waals surface area contributed by atoms with Crippen LogP contribution in [-0.4, -0.2) is 21.1 Å². The monoisotopic (exact) mass is 242 g/mol. The first kappa shape index (κ1) is 11.8. The Balaban J connectivity index is 2.49. The molecule has 92 valence electrons. The first-order chi connectivity index (χ1) is 7.91. The molecule has 1 amide bonds. The second-order valence-electron chi connectivity index (χ2n) is 4.11. The molecule has 1 aliphatic rings. The number of aromatic nitrogens is 1. The Morgan fingerprint density at radius 3 is 2.53 bits per heavy atom. The number of amides is 1. The molecule has 6 heteroatoms. The Kier molecular flexibility index (Phi) is 2.73. The predicted octanol–water partition coefficient (Wildman–Crippen LogP) is 2.63. The molecule has 0 saturated heterocycles. The van der Waals surface area contributed by atoms with E-state index in [-0.39, 0.29) is 18.8 Å². The summed E-state index contributed by atoms with van der Waals surface area (Å²) in [5.41, 5.74) is 2.13. The second-order valence-corrected chi connectivity index (χ2v) is 4.11. The van der Waals surface area contributed by atoms with E-state index in [9.17, 15) is 13.6 Å². The average molecular weight is 242 g/mol. The van der Waals surface area contributed by atoms with E-state index in [1.54, 1.807) is 13.8 Å². The molecule has 0 unspecified atom stereocenters. The van der Waals surface area contributed by atoms with Crippen LogP contribution in [0.2, 0.25) is 0 Å². The molecule has 0 aromatic carbocycles. The Labute approximate surface area is 96.9 Å². The van der Waals surface area contributed by atoms with Crippen molar-refractivity contribution in [2.45, 2.75) is 33.4 Å². The summed E-state index contributed by atoms with van der Waals surface area (Å²) in [5, 5.41) is 8.87. The number of alkyl halides is 2. The largest absolute Gasteiger partial charge is 0.465 e. The van der Waals surface area contributed by atoms with Gasteiger partial charge < -0.3 is 5.11 Å². The second kappa shape index (κ2) is 3.94. The first-order valence-corrected chi connectivity index (χ1v) is 5.16. The molecular formula is C11H12F2N2O2. The van der Waals surface area contributed by atoms with E-state index in [2.05, 4.69) is 4.98 Å². The van der Waals surface area contributed by atoms with Gasteiger partial charge in [-0.15, -0.1) is 0 Å². The van der Waals surface area contributed by atoms with Crippen LogP contribution in [0.5, 0.6) is 0 Å². The fourth-order valence-corrected chi connectivity index (χ4v) is 2.05. The topological polar surface area (TPSA) is 53.4 Å². The van der Waals surface area contributed by atoms with Gasteiger partial charge >= 0.3 is 6.09 Å². The van der Waals surface area contributed by atoms with Gasteiger partial charge in [-0.3, -0.25) is 4.90 Å². The summed E-state index contributed by atoms with van der Waals surface area (Å²) >= 11 is 0. The number of pyridine rings is 1. The average Bonchev–Trinajstić information content (AvgIpc) is 2.67. The molecule has 0 atom stereocenters. The summed E-state index contributed by atoms with van der Waals surface area (Å²) in [6.45, 7) is 3.64. The fourth-order valence-electron chi connectivity index (χ4n) is 2.05. The van der Waals surface area contributed by atoms with Gasteiger partial charge in [0.25, 0.3) is 6.43 Å².